The first-order valence-electron chi connectivity index (χ1n) is 10.7. The maximum absolute atomic E-state index is 13.3. The number of carbonyl (C=O) groups is 2. The molecular weight excluding hydrogens is 447 g/mol. The Hall–Kier alpha value is -3.95. The molecule has 0 unspecified atom stereocenters. The molecule has 34 heavy (non-hydrogen) atoms. The number of hydrogen-bond donors (Lipinski definition) is 1. The van der Waals surface area contributed by atoms with Crippen LogP contribution in [0.5, 0.6) is 0 Å². The van der Waals surface area contributed by atoms with E-state index in [-0.39, 0.29) is 23.8 Å². The standard InChI is InChI=1S/C24H22F3N5O2/c25-24(26,27)19-10-5-4-9-18(19)23(34)32-14-6-13-31(16-32)21-12-11-20(29-30-21)22(33)28-15-17-7-2-1-3-8-17/h1-5,7-12H,6,13-16H2,(H,28,33). The fourth-order valence-electron chi connectivity index (χ4n) is 3.72. The number of nitrogens with one attached hydrogen (secondary N) is 1. The van der Waals surface area contributed by atoms with E-state index in [1.807, 2.05) is 30.3 Å². The van der Waals surface area contributed by atoms with Crippen molar-refractivity contribution in [3.05, 3.63) is 89.1 Å². The molecule has 1 aromatic heterocycles. The molecule has 10 heteroatoms. The lowest BCUT2D eigenvalue weighted by molar-refractivity contribution is -0.138. The summed E-state index contributed by atoms with van der Waals surface area (Å²) in [5.41, 5.74) is -0.245. The number of hydrogen-bond acceptors (Lipinski definition) is 5. The second-order valence-corrected chi connectivity index (χ2v) is 7.82. The molecule has 0 atom stereocenters. The molecule has 1 aliphatic rings. The number of alkyl halides is 3. The molecule has 1 saturated heterocycles. The van der Waals surface area contributed by atoms with Crippen LogP contribution in [0.2, 0.25) is 0 Å². The van der Waals surface area contributed by atoms with Crippen LogP contribution < -0.4 is 10.2 Å². The zero-order valence-electron chi connectivity index (χ0n) is 18.1. The Labute approximate surface area is 194 Å². The molecule has 0 saturated carbocycles. The van der Waals surface area contributed by atoms with Crippen molar-refractivity contribution in [3.8, 4) is 0 Å². The van der Waals surface area contributed by atoms with Crippen molar-refractivity contribution in [2.75, 3.05) is 24.7 Å². The normalized spacial score (nSPS) is 14.1. The van der Waals surface area contributed by atoms with Gasteiger partial charge in [-0.25, -0.2) is 0 Å². The van der Waals surface area contributed by atoms with Crippen LogP contribution >= 0.6 is 0 Å². The zero-order chi connectivity index (χ0) is 24.1. The van der Waals surface area contributed by atoms with Crippen molar-refractivity contribution in [1.29, 1.82) is 0 Å². The third kappa shape index (κ3) is 5.33. The number of amides is 2. The van der Waals surface area contributed by atoms with Gasteiger partial charge in [0.25, 0.3) is 11.8 Å². The predicted molar refractivity (Wildman–Crippen MR) is 119 cm³/mol. The van der Waals surface area contributed by atoms with E-state index >= 15 is 0 Å². The molecule has 2 amide bonds. The van der Waals surface area contributed by atoms with Crippen LogP contribution in [0.25, 0.3) is 0 Å². The van der Waals surface area contributed by atoms with Gasteiger partial charge >= 0.3 is 6.18 Å². The fourth-order valence-corrected chi connectivity index (χ4v) is 3.72. The lowest BCUT2D eigenvalue weighted by atomic mass is 10.1. The van der Waals surface area contributed by atoms with Gasteiger partial charge in [-0.3, -0.25) is 9.59 Å². The van der Waals surface area contributed by atoms with Gasteiger partial charge in [-0.05, 0) is 36.2 Å². The van der Waals surface area contributed by atoms with Crippen molar-refractivity contribution < 1.29 is 22.8 Å². The summed E-state index contributed by atoms with van der Waals surface area (Å²) in [5.74, 6) is -0.634. The first-order valence-corrected chi connectivity index (χ1v) is 10.7. The van der Waals surface area contributed by atoms with Gasteiger partial charge in [0.15, 0.2) is 11.5 Å². The highest BCUT2D eigenvalue weighted by atomic mass is 19.4. The van der Waals surface area contributed by atoms with E-state index < -0.39 is 17.6 Å². The zero-order valence-corrected chi connectivity index (χ0v) is 18.1. The Bertz CT molecular complexity index is 1150. The van der Waals surface area contributed by atoms with E-state index in [0.29, 0.717) is 31.9 Å². The summed E-state index contributed by atoms with van der Waals surface area (Å²) in [4.78, 5) is 28.3. The summed E-state index contributed by atoms with van der Waals surface area (Å²) in [6.45, 7) is 1.30. The molecule has 2 aromatic carbocycles. The molecule has 0 bridgehead atoms. The smallest absolute Gasteiger partial charge is 0.347 e. The second kappa shape index (κ2) is 9.90. The Morgan fingerprint density at radius 1 is 0.912 bits per heavy atom. The molecule has 0 radical (unpaired) electrons. The number of rotatable bonds is 5. The maximum Gasteiger partial charge on any atom is 0.417 e. The van der Waals surface area contributed by atoms with E-state index in [1.165, 1.54) is 29.2 Å². The Morgan fingerprint density at radius 2 is 1.65 bits per heavy atom. The molecule has 0 spiro atoms. The number of carbonyl (C=O) groups excluding carboxylic acids is 2. The topological polar surface area (TPSA) is 78.4 Å². The summed E-state index contributed by atoms with van der Waals surface area (Å²) in [6, 6.07) is 17.3. The molecular formula is C24H22F3N5O2. The monoisotopic (exact) mass is 469 g/mol. The van der Waals surface area contributed by atoms with Crippen LogP contribution in [-0.4, -0.2) is 46.7 Å². The van der Waals surface area contributed by atoms with Crippen LogP contribution in [0, 0.1) is 0 Å². The first kappa shape index (κ1) is 23.2. The summed E-state index contributed by atoms with van der Waals surface area (Å²) in [7, 11) is 0. The third-order valence-electron chi connectivity index (χ3n) is 5.45. The van der Waals surface area contributed by atoms with Gasteiger partial charge in [-0.2, -0.15) is 13.2 Å². The van der Waals surface area contributed by atoms with E-state index in [2.05, 4.69) is 15.5 Å². The number of benzene rings is 2. The van der Waals surface area contributed by atoms with Gasteiger partial charge in [0, 0.05) is 19.6 Å². The number of halogens is 3. The van der Waals surface area contributed by atoms with E-state index in [4.69, 9.17) is 0 Å². The first-order chi connectivity index (χ1) is 16.3. The van der Waals surface area contributed by atoms with Gasteiger partial charge < -0.3 is 15.1 Å². The average Bonchev–Trinajstić information content (AvgIpc) is 2.87. The Morgan fingerprint density at radius 3 is 2.35 bits per heavy atom. The van der Waals surface area contributed by atoms with E-state index in [9.17, 15) is 22.8 Å². The SMILES string of the molecule is O=C(NCc1ccccc1)c1ccc(N2CCCN(C(=O)c3ccccc3C(F)(F)F)C2)nn1. The highest BCUT2D eigenvalue weighted by molar-refractivity contribution is 5.96. The average molecular weight is 469 g/mol. The highest BCUT2D eigenvalue weighted by Gasteiger charge is 2.36. The maximum atomic E-state index is 13.3. The molecule has 176 valence electrons. The minimum absolute atomic E-state index is 0.0687. The number of anilines is 1. The molecule has 1 N–H and O–H groups in total. The van der Waals surface area contributed by atoms with Crippen molar-refractivity contribution in [2.24, 2.45) is 0 Å². The summed E-state index contributed by atoms with van der Waals surface area (Å²) in [6.07, 6.45) is -4.06. The van der Waals surface area contributed by atoms with Crippen molar-refractivity contribution in [3.63, 3.8) is 0 Å². The summed E-state index contributed by atoms with van der Waals surface area (Å²) in [5, 5.41) is 10.9. The molecule has 2 heterocycles. The van der Waals surface area contributed by atoms with Crippen LogP contribution in [0.3, 0.4) is 0 Å². The molecule has 4 rings (SSSR count). The lowest BCUT2D eigenvalue weighted by Crippen LogP contribution is -2.48. The van der Waals surface area contributed by atoms with Crippen LogP contribution in [0.4, 0.5) is 19.0 Å². The number of nitrogens with zero attached hydrogens (tertiary/aromatic N) is 4. The molecule has 7 nitrogen and oxygen atoms in total. The fraction of sp³-hybridized carbons (Fsp3) is 0.250. The van der Waals surface area contributed by atoms with Gasteiger partial charge in [0.05, 0.1) is 17.8 Å². The van der Waals surface area contributed by atoms with E-state index in [1.54, 1.807) is 11.0 Å². The largest absolute Gasteiger partial charge is 0.417 e. The second-order valence-electron chi connectivity index (χ2n) is 7.82. The minimum Gasteiger partial charge on any atom is -0.347 e. The molecule has 0 aliphatic carbocycles. The third-order valence-corrected chi connectivity index (χ3v) is 5.45. The van der Waals surface area contributed by atoms with Crippen molar-refractivity contribution in [1.82, 2.24) is 20.4 Å². The van der Waals surface area contributed by atoms with Crippen molar-refractivity contribution >= 4 is 17.6 Å². The summed E-state index contributed by atoms with van der Waals surface area (Å²) < 4.78 is 40.0. The minimum atomic E-state index is -4.62. The number of aromatic nitrogens is 2. The van der Waals surface area contributed by atoms with Gasteiger partial charge in [-0.15, -0.1) is 10.2 Å². The summed E-state index contributed by atoms with van der Waals surface area (Å²) >= 11 is 0. The van der Waals surface area contributed by atoms with Crippen LogP contribution in [0.15, 0.2) is 66.7 Å². The molecule has 1 fully saturated rings. The lowest BCUT2D eigenvalue weighted by Gasteiger charge is -2.36. The quantitative estimate of drug-likeness (QED) is 0.616. The highest BCUT2D eigenvalue weighted by Crippen LogP contribution is 2.32. The Balaban J connectivity index is 1.41. The van der Waals surface area contributed by atoms with Gasteiger partial charge in [0.2, 0.25) is 0 Å². The molecule has 1 aliphatic heterocycles. The van der Waals surface area contributed by atoms with E-state index in [0.717, 1.165) is 11.6 Å². The molecule has 3 aromatic rings. The van der Waals surface area contributed by atoms with Crippen LogP contribution in [0.1, 0.15) is 38.4 Å². The van der Waals surface area contributed by atoms with Crippen molar-refractivity contribution in [2.45, 2.75) is 19.1 Å². The predicted octanol–water partition coefficient (Wildman–Crippen LogP) is 3.74. The van der Waals surface area contributed by atoms with Gasteiger partial charge in [0.1, 0.15) is 0 Å². The Kier molecular flexibility index (Phi) is 6.76. The van der Waals surface area contributed by atoms with Gasteiger partial charge in [-0.1, -0.05) is 42.5 Å². The van der Waals surface area contributed by atoms with Crippen LogP contribution in [-0.2, 0) is 12.7 Å².